The molecule has 1 aromatic carbocycles. The molecule has 104 valence electrons. The number of benzene rings is 1. The first-order valence-electron chi connectivity index (χ1n) is 6.50. The van der Waals surface area contributed by atoms with Crippen LogP contribution in [0.4, 0.5) is 11.1 Å². The molecule has 0 radical (unpaired) electrons. The molecule has 0 fully saturated rings. The molecule has 0 unspecified atom stereocenters. The minimum atomic E-state index is 0.635. The van der Waals surface area contributed by atoms with Gasteiger partial charge in [-0.05, 0) is 29.9 Å². The molecule has 2 N–H and O–H groups in total. The summed E-state index contributed by atoms with van der Waals surface area (Å²) in [6.45, 7) is 4.23. The molecule has 5 nitrogen and oxygen atoms in total. The van der Waals surface area contributed by atoms with Gasteiger partial charge in [-0.2, -0.15) is 4.98 Å². The normalized spacial score (nSPS) is 11.1. The summed E-state index contributed by atoms with van der Waals surface area (Å²) < 4.78 is 1.19. The van der Waals surface area contributed by atoms with E-state index in [9.17, 15) is 0 Å². The zero-order chi connectivity index (χ0) is 13.9. The van der Waals surface area contributed by atoms with Crippen LogP contribution in [0.3, 0.4) is 0 Å². The quantitative estimate of drug-likeness (QED) is 0.701. The Bertz CT molecular complexity index is 718. The molecule has 0 saturated heterocycles. The van der Waals surface area contributed by atoms with Crippen LogP contribution >= 0.6 is 23.1 Å². The van der Waals surface area contributed by atoms with Crippen molar-refractivity contribution in [3.63, 3.8) is 0 Å². The van der Waals surface area contributed by atoms with E-state index >= 15 is 0 Å². The summed E-state index contributed by atoms with van der Waals surface area (Å²) in [5.41, 5.74) is 2.34. The molecular weight excluding hydrogens is 290 g/mol. The Kier molecular flexibility index (Phi) is 3.88. The van der Waals surface area contributed by atoms with Gasteiger partial charge in [-0.3, -0.25) is 0 Å². The smallest absolute Gasteiger partial charge is 0.225 e. The monoisotopic (exact) mass is 305 g/mol. The molecule has 0 saturated carbocycles. The van der Waals surface area contributed by atoms with Crippen molar-refractivity contribution in [2.75, 3.05) is 11.1 Å². The number of anilines is 2. The van der Waals surface area contributed by atoms with E-state index < -0.39 is 0 Å². The van der Waals surface area contributed by atoms with Crippen LogP contribution < -0.4 is 5.32 Å². The topological polar surface area (TPSA) is 66.5 Å². The zero-order valence-electron chi connectivity index (χ0n) is 11.3. The van der Waals surface area contributed by atoms with Gasteiger partial charge in [-0.15, -0.1) is 5.10 Å². The summed E-state index contributed by atoms with van der Waals surface area (Å²) >= 11 is 3.23. The Labute approximate surface area is 125 Å². The van der Waals surface area contributed by atoms with E-state index in [-0.39, 0.29) is 0 Å². The highest BCUT2D eigenvalue weighted by atomic mass is 32.2. The largest absolute Gasteiger partial charge is 0.300 e. The summed E-state index contributed by atoms with van der Waals surface area (Å²) in [6.07, 6.45) is 1.04. The van der Waals surface area contributed by atoms with Gasteiger partial charge in [0.15, 0.2) is 5.13 Å². The number of hydrogen-bond acceptors (Lipinski definition) is 6. The fraction of sp³-hybridized carbons (Fsp3) is 0.308. The predicted octanol–water partition coefficient (Wildman–Crippen LogP) is 3.83. The lowest BCUT2D eigenvalue weighted by Crippen LogP contribution is -1.91. The third-order valence-electron chi connectivity index (χ3n) is 2.82. The molecule has 20 heavy (non-hydrogen) atoms. The third-order valence-corrected chi connectivity index (χ3v) is 4.49. The molecular formula is C13H15N5S2. The molecule has 7 heteroatoms. The van der Waals surface area contributed by atoms with E-state index in [0.717, 1.165) is 28.0 Å². The van der Waals surface area contributed by atoms with Crippen molar-refractivity contribution in [3.05, 3.63) is 23.8 Å². The van der Waals surface area contributed by atoms with Crippen LogP contribution in [-0.2, 0) is 6.42 Å². The molecule has 3 rings (SSSR count). The van der Waals surface area contributed by atoms with Gasteiger partial charge in [0.25, 0.3) is 0 Å². The molecule has 0 aliphatic heterocycles. The fourth-order valence-corrected chi connectivity index (χ4v) is 3.29. The lowest BCUT2D eigenvalue weighted by atomic mass is 10.2. The maximum atomic E-state index is 4.55. The molecule has 0 bridgehead atoms. The highest BCUT2D eigenvalue weighted by Gasteiger charge is 2.07. The molecule has 0 atom stereocenters. The van der Waals surface area contributed by atoms with Crippen LogP contribution in [-0.4, -0.2) is 25.9 Å². The lowest BCUT2D eigenvalue weighted by Gasteiger charge is -1.93. The molecule has 3 aromatic rings. The SMILES string of the molecule is CCSc1n[nH]c(Nc2nc3ccc(CC)cc3s2)n1. The number of aromatic nitrogens is 4. The summed E-state index contributed by atoms with van der Waals surface area (Å²) in [5, 5.41) is 11.8. The van der Waals surface area contributed by atoms with E-state index in [1.807, 2.05) is 0 Å². The fourth-order valence-electron chi connectivity index (χ4n) is 1.84. The maximum absolute atomic E-state index is 4.55. The Hall–Kier alpha value is -1.60. The maximum Gasteiger partial charge on any atom is 0.225 e. The second kappa shape index (κ2) is 5.80. The van der Waals surface area contributed by atoms with Gasteiger partial charge in [-0.1, -0.05) is 43.0 Å². The number of nitrogens with one attached hydrogen (secondary N) is 2. The van der Waals surface area contributed by atoms with Crippen molar-refractivity contribution >= 4 is 44.4 Å². The Morgan fingerprint density at radius 2 is 2.20 bits per heavy atom. The van der Waals surface area contributed by atoms with Crippen molar-refractivity contribution in [2.45, 2.75) is 25.4 Å². The zero-order valence-corrected chi connectivity index (χ0v) is 12.9. The first-order chi connectivity index (χ1) is 9.78. The number of H-pyrrole nitrogens is 1. The second-order valence-electron chi connectivity index (χ2n) is 4.20. The van der Waals surface area contributed by atoms with Gasteiger partial charge in [0.2, 0.25) is 11.1 Å². The second-order valence-corrected chi connectivity index (χ2v) is 6.46. The van der Waals surface area contributed by atoms with Gasteiger partial charge in [0.05, 0.1) is 10.2 Å². The Morgan fingerprint density at radius 3 is 3.00 bits per heavy atom. The van der Waals surface area contributed by atoms with E-state index in [0.29, 0.717) is 5.95 Å². The molecule has 0 aliphatic carbocycles. The van der Waals surface area contributed by atoms with Crippen LogP contribution in [0.25, 0.3) is 10.2 Å². The van der Waals surface area contributed by atoms with Crippen LogP contribution in [0.5, 0.6) is 0 Å². The first-order valence-corrected chi connectivity index (χ1v) is 8.30. The number of fused-ring (bicyclic) bond motifs is 1. The van der Waals surface area contributed by atoms with Gasteiger partial charge >= 0.3 is 0 Å². The summed E-state index contributed by atoms with van der Waals surface area (Å²) in [4.78, 5) is 8.90. The summed E-state index contributed by atoms with van der Waals surface area (Å²) in [5.74, 6) is 1.59. The van der Waals surface area contributed by atoms with Crippen molar-refractivity contribution in [1.82, 2.24) is 20.2 Å². The van der Waals surface area contributed by atoms with Crippen molar-refractivity contribution < 1.29 is 0 Å². The number of rotatable bonds is 5. The van der Waals surface area contributed by atoms with Crippen LogP contribution in [0.2, 0.25) is 0 Å². The highest BCUT2D eigenvalue weighted by molar-refractivity contribution is 7.99. The Morgan fingerprint density at radius 1 is 1.30 bits per heavy atom. The minimum Gasteiger partial charge on any atom is -0.300 e. The molecule has 2 heterocycles. The summed E-state index contributed by atoms with van der Waals surface area (Å²) in [7, 11) is 0. The van der Waals surface area contributed by atoms with E-state index in [2.05, 4.69) is 57.5 Å². The minimum absolute atomic E-state index is 0.635. The van der Waals surface area contributed by atoms with Crippen LogP contribution in [0.1, 0.15) is 19.4 Å². The molecule has 2 aromatic heterocycles. The average molecular weight is 305 g/mol. The molecule has 0 spiro atoms. The van der Waals surface area contributed by atoms with E-state index in [4.69, 9.17) is 0 Å². The van der Waals surface area contributed by atoms with E-state index in [1.54, 1.807) is 23.1 Å². The van der Waals surface area contributed by atoms with Crippen LogP contribution in [0, 0.1) is 0 Å². The predicted molar refractivity (Wildman–Crippen MR) is 85.1 cm³/mol. The highest BCUT2D eigenvalue weighted by Crippen LogP contribution is 2.28. The van der Waals surface area contributed by atoms with Gasteiger partial charge in [0, 0.05) is 0 Å². The van der Waals surface area contributed by atoms with Crippen molar-refractivity contribution in [2.24, 2.45) is 0 Å². The number of thiazole rings is 1. The molecule has 0 aliphatic rings. The number of aryl methyl sites for hydroxylation is 1. The number of aromatic amines is 1. The molecule has 0 amide bonds. The Balaban J connectivity index is 1.82. The average Bonchev–Trinajstić information content (AvgIpc) is 3.05. The number of thioether (sulfide) groups is 1. The number of nitrogens with zero attached hydrogens (tertiary/aromatic N) is 3. The van der Waals surface area contributed by atoms with Crippen molar-refractivity contribution in [1.29, 1.82) is 0 Å². The first kappa shape index (κ1) is 13.4. The lowest BCUT2D eigenvalue weighted by molar-refractivity contribution is 0.974. The van der Waals surface area contributed by atoms with E-state index in [1.165, 1.54) is 10.3 Å². The van der Waals surface area contributed by atoms with Gasteiger partial charge in [0.1, 0.15) is 0 Å². The number of hydrogen-bond donors (Lipinski definition) is 2. The summed E-state index contributed by atoms with van der Waals surface area (Å²) in [6, 6.07) is 6.38. The van der Waals surface area contributed by atoms with Gasteiger partial charge < -0.3 is 5.32 Å². The third kappa shape index (κ3) is 2.78. The standard InChI is InChI=1S/C13H15N5S2/c1-3-8-5-6-9-10(7-8)20-12(14-9)15-11-16-13(18-17-11)19-4-2/h5-7H,3-4H2,1-2H3,(H2,14,15,16,17,18). The van der Waals surface area contributed by atoms with Crippen LogP contribution in [0.15, 0.2) is 23.4 Å². The van der Waals surface area contributed by atoms with Gasteiger partial charge in [-0.25, -0.2) is 10.1 Å². The van der Waals surface area contributed by atoms with Crippen molar-refractivity contribution in [3.8, 4) is 0 Å².